The van der Waals surface area contributed by atoms with E-state index in [1.807, 2.05) is 19.1 Å². The Morgan fingerprint density at radius 2 is 2.03 bits per heavy atom. The number of rotatable bonds is 5. The molecule has 31 heavy (non-hydrogen) atoms. The highest BCUT2D eigenvalue weighted by Crippen LogP contribution is 2.26. The fraction of sp³-hybridized carbons (Fsp3) is 0.429. The number of carboxylic acid groups (broad SMARTS) is 1. The van der Waals surface area contributed by atoms with Crippen molar-refractivity contribution in [1.29, 1.82) is 0 Å². The Hall–Kier alpha value is -2.43. The highest BCUT2D eigenvalue weighted by Gasteiger charge is 2.32. The normalized spacial score (nSPS) is 18.3. The zero-order valence-electron chi connectivity index (χ0n) is 17.2. The molecule has 1 aliphatic carbocycles. The lowest BCUT2D eigenvalue weighted by Crippen LogP contribution is -2.44. The minimum absolute atomic E-state index is 0.183. The Kier molecular flexibility index (Phi) is 6.05. The molecule has 8 nitrogen and oxygen atoms in total. The molecule has 0 aromatic carbocycles. The molecule has 10 heteroatoms. The van der Waals surface area contributed by atoms with Crippen molar-refractivity contribution in [3.05, 3.63) is 50.2 Å². The summed E-state index contributed by atoms with van der Waals surface area (Å²) in [4.78, 5) is 25.0. The van der Waals surface area contributed by atoms with E-state index in [1.54, 1.807) is 27.5 Å². The SMILES string of the molecule is CC1=c2c(n(CC(=O)O)c(=O)n2C2CCN(S(=O)(=O)c3ccsc3)CC2)=CC=CCC1. The minimum Gasteiger partial charge on any atom is -0.480 e. The van der Waals surface area contributed by atoms with Crippen molar-refractivity contribution in [2.45, 2.75) is 50.1 Å². The fourth-order valence-electron chi connectivity index (χ4n) is 4.36. The quantitative estimate of drug-likeness (QED) is 0.716. The molecule has 2 aromatic heterocycles. The lowest BCUT2D eigenvalue weighted by Gasteiger charge is -2.31. The molecule has 1 N–H and O–H groups in total. The molecule has 1 aliphatic heterocycles. The smallest absolute Gasteiger partial charge is 0.329 e. The molecule has 1 saturated heterocycles. The fourth-order valence-corrected chi connectivity index (χ4v) is 6.85. The number of hydrogen-bond donors (Lipinski definition) is 1. The summed E-state index contributed by atoms with van der Waals surface area (Å²) < 4.78 is 30.1. The average molecular weight is 464 g/mol. The molecule has 0 radical (unpaired) electrons. The number of piperidine rings is 1. The maximum absolute atomic E-state index is 13.3. The largest absolute Gasteiger partial charge is 0.480 e. The van der Waals surface area contributed by atoms with Crippen LogP contribution in [0.25, 0.3) is 11.6 Å². The van der Waals surface area contributed by atoms with E-state index in [2.05, 4.69) is 0 Å². The number of carbonyl (C=O) groups is 1. The molecular weight excluding hydrogens is 438 g/mol. The van der Waals surface area contributed by atoms with Gasteiger partial charge < -0.3 is 5.11 Å². The van der Waals surface area contributed by atoms with Crippen molar-refractivity contribution in [3.8, 4) is 0 Å². The average Bonchev–Trinajstić information content (AvgIpc) is 3.35. The van der Waals surface area contributed by atoms with Gasteiger partial charge in [0.2, 0.25) is 10.0 Å². The highest BCUT2D eigenvalue weighted by molar-refractivity contribution is 7.89. The Morgan fingerprint density at radius 1 is 1.29 bits per heavy atom. The molecule has 1 fully saturated rings. The third kappa shape index (κ3) is 4.07. The number of aromatic nitrogens is 2. The van der Waals surface area contributed by atoms with Crippen molar-refractivity contribution in [2.75, 3.05) is 13.1 Å². The van der Waals surface area contributed by atoms with Crippen molar-refractivity contribution in [1.82, 2.24) is 13.4 Å². The number of thiophene rings is 1. The third-order valence-electron chi connectivity index (χ3n) is 5.91. The molecule has 2 aromatic rings. The summed E-state index contributed by atoms with van der Waals surface area (Å²) >= 11 is 1.34. The van der Waals surface area contributed by atoms with Crippen LogP contribution in [-0.2, 0) is 21.4 Å². The zero-order chi connectivity index (χ0) is 22.2. The first kappa shape index (κ1) is 21.8. The number of nitrogens with zero attached hydrogens (tertiary/aromatic N) is 3. The van der Waals surface area contributed by atoms with Crippen LogP contribution in [0.5, 0.6) is 0 Å². The number of sulfonamides is 1. The summed E-state index contributed by atoms with van der Waals surface area (Å²) in [6, 6.07) is 1.42. The molecule has 0 spiro atoms. The molecule has 3 heterocycles. The summed E-state index contributed by atoms with van der Waals surface area (Å²) in [7, 11) is -3.53. The van der Waals surface area contributed by atoms with Gasteiger partial charge in [0.25, 0.3) is 0 Å². The van der Waals surface area contributed by atoms with Crippen molar-refractivity contribution >= 4 is 39.0 Å². The summed E-state index contributed by atoms with van der Waals surface area (Å²) in [6.45, 7) is 2.20. The van der Waals surface area contributed by atoms with Crippen molar-refractivity contribution in [2.24, 2.45) is 0 Å². The van der Waals surface area contributed by atoms with Crippen LogP contribution >= 0.6 is 11.3 Å². The molecule has 4 rings (SSSR count). The van der Waals surface area contributed by atoms with Gasteiger partial charge >= 0.3 is 11.7 Å². The Balaban J connectivity index is 1.73. The van der Waals surface area contributed by atoms with E-state index in [0.29, 0.717) is 36.2 Å². The number of carboxylic acids is 1. The van der Waals surface area contributed by atoms with E-state index in [0.717, 1.165) is 23.8 Å². The van der Waals surface area contributed by atoms with Crippen LogP contribution in [0.3, 0.4) is 0 Å². The maximum Gasteiger partial charge on any atom is 0.329 e. The van der Waals surface area contributed by atoms with Gasteiger partial charge in [-0.15, -0.1) is 0 Å². The van der Waals surface area contributed by atoms with E-state index < -0.39 is 22.5 Å². The summed E-state index contributed by atoms with van der Waals surface area (Å²) in [5.41, 5.74) is 0.683. The van der Waals surface area contributed by atoms with Crippen LogP contribution in [0.4, 0.5) is 0 Å². The van der Waals surface area contributed by atoms with Gasteiger partial charge in [0, 0.05) is 24.5 Å². The monoisotopic (exact) mass is 463 g/mol. The first-order valence-electron chi connectivity index (χ1n) is 10.2. The number of imidazole rings is 1. The lowest BCUT2D eigenvalue weighted by atomic mass is 10.1. The van der Waals surface area contributed by atoms with Gasteiger partial charge in [-0.1, -0.05) is 12.2 Å². The molecular formula is C21H25N3O5S2. The van der Waals surface area contributed by atoms with E-state index >= 15 is 0 Å². The van der Waals surface area contributed by atoms with Gasteiger partial charge in [0.05, 0.1) is 15.6 Å². The number of hydrogen-bond acceptors (Lipinski definition) is 5. The second kappa shape index (κ2) is 8.60. The summed E-state index contributed by atoms with van der Waals surface area (Å²) in [5, 5.41) is 14.1. The zero-order valence-corrected chi connectivity index (χ0v) is 18.9. The van der Waals surface area contributed by atoms with Crippen LogP contribution in [0.1, 0.15) is 38.6 Å². The van der Waals surface area contributed by atoms with Gasteiger partial charge in [-0.3, -0.25) is 13.9 Å². The Morgan fingerprint density at radius 3 is 2.68 bits per heavy atom. The van der Waals surface area contributed by atoms with Crippen LogP contribution in [-0.4, -0.2) is 46.0 Å². The molecule has 0 amide bonds. The van der Waals surface area contributed by atoms with E-state index in [4.69, 9.17) is 0 Å². The lowest BCUT2D eigenvalue weighted by molar-refractivity contribution is -0.137. The first-order chi connectivity index (χ1) is 14.8. The molecule has 166 valence electrons. The Bertz CT molecular complexity index is 1290. The second-order valence-corrected chi connectivity index (χ2v) is 10.6. The van der Waals surface area contributed by atoms with Crippen LogP contribution in [0.15, 0.2) is 38.7 Å². The van der Waals surface area contributed by atoms with Crippen LogP contribution < -0.4 is 16.4 Å². The predicted octanol–water partition coefficient (Wildman–Crippen LogP) is 1.12. The van der Waals surface area contributed by atoms with Crippen molar-refractivity contribution in [3.63, 3.8) is 0 Å². The van der Waals surface area contributed by atoms with Gasteiger partial charge in [0.1, 0.15) is 6.54 Å². The van der Waals surface area contributed by atoms with E-state index in [-0.39, 0.29) is 11.7 Å². The Labute approximate surface area is 184 Å². The molecule has 0 atom stereocenters. The molecule has 0 saturated carbocycles. The molecule has 0 unspecified atom stereocenters. The molecule has 0 bridgehead atoms. The first-order valence-corrected chi connectivity index (χ1v) is 12.6. The van der Waals surface area contributed by atoms with Crippen LogP contribution in [0, 0.1) is 0 Å². The summed E-state index contributed by atoms with van der Waals surface area (Å²) in [5.74, 6) is -1.07. The number of allylic oxidation sites excluding steroid dienone is 2. The topological polar surface area (TPSA) is 102 Å². The van der Waals surface area contributed by atoms with Gasteiger partial charge in [-0.25, -0.2) is 13.2 Å². The predicted molar refractivity (Wildman–Crippen MR) is 119 cm³/mol. The summed E-state index contributed by atoms with van der Waals surface area (Å²) in [6.07, 6.45) is 8.29. The number of aliphatic carboxylic acids is 1. The van der Waals surface area contributed by atoms with Crippen molar-refractivity contribution < 1.29 is 18.3 Å². The second-order valence-electron chi connectivity index (χ2n) is 7.87. The standard InChI is InChI=1S/C21H25N3O5S2/c1-15-5-3-2-4-6-18-20(15)24(21(27)23(18)13-19(25)26)16-7-10-22(11-8-16)31(28,29)17-9-12-30-14-17/h2,4,6,9,12,14,16H,3,5,7-8,10-11,13H2,1H3,(H,25,26). The van der Waals surface area contributed by atoms with Gasteiger partial charge in [-0.2, -0.15) is 15.6 Å². The molecule has 2 aliphatic rings. The minimum atomic E-state index is -3.53. The van der Waals surface area contributed by atoms with Gasteiger partial charge in [-0.05, 0) is 55.7 Å². The third-order valence-corrected chi connectivity index (χ3v) is 8.63. The maximum atomic E-state index is 13.3. The van der Waals surface area contributed by atoms with Crippen LogP contribution in [0.2, 0.25) is 0 Å². The van der Waals surface area contributed by atoms with E-state index in [9.17, 15) is 23.1 Å². The number of fused-ring (bicyclic) bond motifs is 1. The highest BCUT2D eigenvalue weighted by atomic mass is 32.2. The van der Waals surface area contributed by atoms with E-state index in [1.165, 1.54) is 20.2 Å². The van der Waals surface area contributed by atoms with Gasteiger partial charge in [0.15, 0.2) is 0 Å².